The van der Waals surface area contributed by atoms with Crippen molar-refractivity contribution in [3.05, 3.63) is 59.7 Å². The van der Waals surface area contributed by atoms with Crippen molar-refractivity contribution in [2.75, 3.05) is 36.5 Å². The molecule has 1 spiro atoms. The Labute approximate surface area is 221 Å². The average Bonchev–Trinajstić information content (AvgIpc) is 3.36. The van der Waals surface area contributed by atoms with Gasteiger partial charge in [0.1, 0.15) is 11.6 Å². The second kappa shape index (κ2) is 9.84. The van der Waals surface area contributed by atoms with Gasteiger partial charge >= 0.3 is 12.1 Å². The van der Waals surface area contributed by atoms with E-state index in [4.69, 9.17) is 4.74 Å². The highest BCUT2D eigenvalue weighted by Crippen LogP contribution is 2.48. The fraction of sp³-hybridized carbons (Fsp3) is 0.517. The van der Waals surface area contributed by atoms with Crippen LogP contribution >= 0.6 is 0 Å². The van der Waals surface area contributed by atoms with Gasteiger partial charge in [-0.1, -0.05) is 0 Å². The highest BCUT2D eigenvalue weighted by Gasteiger charge is 2.50. The standard InChI is InChI=1S/C29H34F2N4O3/c1-2-38-28(37)35-22-8-9-23(35)17-24(16-22)33-13-11-29(12-14-33)18-34(26-10-5-20(31)15-25(26)29)27(36)32-21-6-3-19(30)4-7-21/h3-7,10,15,22-24H,2,8-9,11-14,16-18H2,1H3,(H,32,36). The fourth-order valence-electron chi connectivity index (χ4n) is 7.23. The number of hydrogen-bond acceptors (Lipinski definition) is 4. The molecule has 0 aromatic heterocycles. The molecule has 0 radical (unpaired) electrons. The van der Waals surface area contributed by atoms with E-state index < -0.39 is 0 Å². The molecule has 4 aliphatic heterocycles. The van der Waals surface area contributed by atoms with Crippen LogP contribution in [0.1, 0.15) is 51.0 Å². The Balaban J connectivity index is 1.15. The molecular formula is C29H34F2N4O3. The molecule has 4 heterocycles. The molecule has 2 aromatic carbocycles. The van der Waals surface area contributed by atoms with Gasteiger partial charge in [-0.25, -0.2) is 18.4 Å². The number of likely N-dealkylation sites (tertiary alicyclic amines) is 1. The number of nitrogens with one attached hydrogen (secondary N) is 1. The largest absolute Gasteiger partial charge is 0.450 e. The van der Waals surface area contributed by atoms with Crippen molar-refractivity contribution >= 4 is 23.5 Å². The number of piperidine rings is 2. The molecule has 2 bridgehead atoms. The number of benzene rings is 2. The van der Waals surface area contributed by atoms with Crippen LogP contribution in [0.3, 0.4) is 0 Å². The number of halogens is 2. The molecule has 0 aliphatic carbocycles. The number of nitrogens with zero attached hydrogens (tertiary/aromatic N) is 3. The van der Waals surface area contributed by atoms with Gasteiger partial charge in [0.2, 0.25) is 0 Å². The summed E-state index contributed by atoms with van der Waals surface area (Å²) < 4.78 is 33.0. The summed E-state index contributed by atoms with van der Waals surface area (Å²) in [6, 6.07) is 11.0. The predicted octanol–water partition coefficient (Wildman–Crippen LogP) is 5.50. The van der Waals surface area contributed by atoms with Crippen LogP contribution in [-0.4, -0.2) is 66.3 Å². The van der Waals surface area contributed by atoms with Gasteiger partial charge in [0.25, 0.3) is 0 Å². The van der Waals surface area contributed by atoms with Crippen LogP contribution in [0.15, 0.2) is 42.5 Å². The summed E-state index contributed by atoms with van der Waals surface area (Å²) in [5.41, 5.74) is 1.84. The zero-order valence-corrected chi connectivity index (χ0v) is 21.7. The highest BCUT2D eigenvalue weighted by atomic mass is 19.1. The van der Waals surface area contributed by atoms with Gasteiger partial charge < -0.3 is 19.9 Å². The van der Waals surface area contributed by atoms with Crippen molar-refractivity contribution in [2.24, 2.45) is 0 Å². The molecule has 0 saturated carbocycles. The van der Waals surface area contributed by atoms with E-state index in [1.807, 2.05) is 11.8 Å². The first-order chi connectivity index (χ1) is 18.4. The first kappa shape index (κ1) is 25.1. The smallest absolute Gasteiger partial charge is 0.410 e. The van der Waals surface area contributed by atoms with Crippen molar-refractivity contribution in [3.63, 3.8) is 0 Å². The molecule has 3 amide bonds. The minimum absolute atomic E-state index is 0.181. The third-order valence-electron chi connectivity index (χ3n) is 9.08. The second-order valence-corrected chi connectivity index (χ2v) is 11.1. The highest BCUT2D eigenvalue weighted by molar-refractivity contribution is 6.03. The number of ether oxygens (including phenoxy) is 1. The van der Waals surface area contributed by atoms with Crippen molar-refractivity contribution in [1.29, 1.82) is 0 Å². The third-order valence-corrected chi connectivity index (χ3v) is 9.08. The monoisotopic (exact) mass is 524 g/mol. The molecule has 3 fully saturated rings. The number of anilines is 2. The number of urea groups is 1. The van der Waals surface area contributed by atoms with Crippen LogP contribution in [0.5, 0.6) is 0 Å². The lowest BCUT2D eigenvalue weighted by Gasteiger charge is -2.47. The van der Waals surface area contributed by atoms with E-state index in [1.165, 1.54) is 30.3 Å². The van der Waals surface area contributed by atoms with Crippen LogP contribution in [-0.2, 0) is 10.2 Å². The number of rotatable bonds is 3. The number of hydrogen-bond donors (Lipinski definition) is 1. The fourth-order valence-corrected chi connectivity index (χ4v) is 7.23. The Hall–Kier alpha value is -3.20. The average molecular weight is 525 g/mol. The lowest BCUT2D eigenvalue weighted by atomic mass is 9.73. The second-order valence-electron chi connectivity index (χ2n) is 11.1. The van der Waals surface area contributed by atoms with Gasteiger partial charge in [-0.15, -0.1) is 0 Å². The summed E-state index contributed by atoms with van der Waals surface area (Å²) in [7, 11) is 0. The normalized spacial score (nSPS) is 25.9. The van der Waals surface area contributed by atoms with Gasteiger partial charge in [-0.3, -0.25) is 4.90 Å². The number of carbonyl (C=O) groups excluding carboxylic acids is 2. The van der Waals surface area contributed by atoms with E-state index >= 15 is 0 Å². The van der Waals surface area contributed by atoms with Gasteiger partial charge in [0, 0.05) is 41.5 Å². The topological polar surface area (TPSA) is 65.1 Å². The van der Waals surface area contributed by atoms with Gasteiger partial charge in [-0.2, -0.15) is 0 Å². The minimum atomic E-state index is -0.365. The Bertz CT molecular complexity index is 1200. The van der Waals surface area contributed by atoms with E-state index in [-0.39, 0.29) is 41.3 Å². The van der Waals surface area contributed by atoms with Crippen LogP contribution in [0.25, 0.3) is 0 Å². The van der Waals surface area contributed by atoms with Crippen molar-refractivity contribution in [2.45, 2.75) is 69.0 Å². The number of fused-ring (bicyclic) bond motifs is 4. The lowest BCUT2D eigenvalue weighted by molar-refractivity contribution is 0.0282. The lowest BCUT2D eigenvalue weighted by Crippen LogP contribution is -2.55. The van der Waals surface area contributed by atoms with Crippen LogP contribution in [0.2, 0.25) is 0 Å². The third kappa shape index (κ3) is 4.40. The minimum Gasteiger partial charge on any atom is -0.450 e. The Kier molecular flexibility index (Phi) is 6.50. The van der Waals surface area contributed by atoms with E-state index in [0.29, 0.717) is 24.9 Å². The SMILES string of the molecule is CCOC(=O)N1C2CCC1CC(N1CCC3(CC1)CN(C(=O)Nc1ccc(F)cc1)c1ccc(F)cc13)C2. The first-order valence-corrected chi connectivity index (χ1v) is 13.7. The van der Waals surface area contributed by atoms with Crippen LogP contribution < -0.4 is 10.2 Å². The molecule has 2 unspecified atom stereocenters. The maximum absolute atomic E-state index is 14.4. The molecule has 6 rings (SSSR count). The van der Waals surface area contributed by atoms with Gasteiger partial charge in [0.15, 0.2) is 0 Å². The predicted molar refractivity (Wildman–Crippen MR) is 140 cm³/mol. The molecule has 38 heavy (non-hydrogen) atoms. The zero-order valence-electron chi connectivity index (χ0n) is 21.7. The maximum atomic E-state index is 14.4. The summed E-state index contributed by atoms with van der Waals surface area (Å²) in [5, 5.41) is 2.86. The van der Waals surface area contributed by atoms with Crippen molar-refractivity contribution in [3.8, 4) is 0 Å². The van der Waals surface area contributed by atoms with Gasteiger partial charge in [0.05, 0.1) is 6.61 Å². The Morgan fingerprint density at radius 3 is 2.29 bits per heavy atom. The zero-order chi connectivity index (χ0) is 26.4. The van der Waals surface area contributed by atoms with E-state index in [2.05, 4.69) is 10.2 Å². The molecule has 2 aromatic rings. The van der Waals surface area contributed by atoms with Crippen molar-refractivity contribution < 1.29 is 23.1 Å². The summed E-state index contributed by atoms with van der Waals surface area (Å²) in [6.45, 7) is 4.46. The maximum Gasteiger partial charge on any atom is 0.410 e. The molecule has 4 aliphatic rings. The van der Waals surface area contributed by atoms with E-state index in [0.717, 1.165) is 62.9 Å². The Morgan fingerprint density at radius 1 is 0.974 bits per heavy atom. The summed E-state index contributed by atoms with van der Waals surface area (Å²) in [5.74, 6) is -0.662. The number of carbonyl (C=O) groups is 2. The molecule has 3 saturated heterocycles. The summed E-state index contributed by atoms with van der Waals surface area (Å²) in [6.07, 6.45) is 5.46. The molecule has 2 atom stereocenters. The summed E-state index contributed by atoms with van der Waals surface area (Å²) >= 11 is 0. The number of amides is 3. The molecule has 1 N–H and O–H groups in total. The van der Waals surface area contributed by atoms with Gasteiger partial charge in [-0.05, 0) is 107 Å². The molecule has 202 valence electrons. The van der Waals surface area contributed by atoms with E-state index in [1.54, 1.807) is 17.0 Å². The summed E-state index contributed by atoms with van der Waals surface area (Å²) in [4.78, 5) is 32.0. The van der Waals surface area contributed by atoms with Crippen LogP contribution in [0.4, 0.5) is 29.7 Å². The van der Waals surface area contributed by atoms with Crippen molar-refractivity contribution in [1.82, 2.24) is 9.80 Å². The Morgan fingerprint density at radius 2 is 1.63 bits per heavy atom. The van der Waals surface area contributed by atoms with E-state index in [9.17, 15) is 18.4 Å². The molecular weight excluding hydrogens is 490 g/mol. The molecule has 9 heteroatoms. The quantitative estimate of drug-likeness (QED) is 0.576. The molecule has 7 nitrogen and oxygen atoms in total. The van der Waals surface area contributed by atoms with Crippen LogP contribution in [0, 0.1) is 11.6 Å². The first-order valence-electron chi connectivity index (χ1n) is 13.7.